The summed E-state index contributed by atoms with van der Waals surface area (Å²) in [7, 11) is 1.73. The van der Waals surface area contributed by atoms with Crippen LogP contribution in [-0.2, 0) is 19.1 Å². The van der Waals surface area contributed by atoms with Gasteiger partial charge in [0.15, 0.2) is 0 Å². The maximum Gasteiger partial charge on any atom is 0.253 e. The largest absolute Gasteiger partial charge is 0.394 e. The van der Waals surface area contributed by atoms with Crippen LogP contribution in [0, 0.1) is 11.8 Å². The highest BCUT2D eigenvalue weighted by Gasteiger charge is 2.75. The van der Waals surface area contributed by atoms with Crippen molar-refractivity contribution in [3.8, 4) is 0 Å². The van der Waals surface area contributed by atoms with Gasteiger partial charge in [-0.3, -0.25) is 14.4 Å². The van der Waals surface area contributed by atoms with Crippen LogP contribution in [0.5, 0.6) is 0 Å². The van der Waals surface area contributed by atoms with Gasteiger partial charge in [-0.25, -0.2) is 0 Å². The smallest absolute Gasteiger partial charge is 0.253 e. The summed E-state index contributed by atoms with van der Waals surface area (Å²) < 4.78 is 6.95. The predicted octanol–water partition coefficient (Wildman–Crippen LogP) is 2.60. The molecule has 9 nitrogen and oxygen atoms in total. The van der Waals surface area contributed by atoms with Crippen LogP contribution in [0.2, 0.25) is 0 Å². The summed E-state index contributed by atoms with van der Waals surface area (Å²) in [4.78, 5) is 49.9. The Bertz CT molecular complexity index is 1210. The molecule has 9 heteroatoms. The number of amides is 3. The Labute approximate surface area is 237 Å². The standard InChI is InChI=1S/C31H42N4O5/c1-6-21(20-36)35-26-29(39)34(23-14-12-22(13-15-23)33(8-3)9-4)19-11-17-31(26)25(28(35)38)24-27(37)32(5)18-10-16-30(24,7-2)40-31/h10-17,21,24-26,36H,6-9,18-20H2,1-5H3/t21-,24-,25-,26?,30+,31-/m0/s1. The number of aliphatic hydroxyl groups excluding tert-OH is 1. The zero-order chi connectivity index (χ0) is 28.8. The topological polar surface area (TPSA) is 93.6 Å². The molecule has 3 amide bonds. The lowest BCUT2D eigenvalue weighted by Gasteiger charge is -2.40. The number of nitrogens with zero attached hydrogens (tertiary/aromatic N) is 4. The predicted molar refractivity (Wildman–Crippen MR) is 154 cm³/mol. The zero-order valence-corrected chi connectivity index (χ0v) is 24.2. The normalized spacial score (nSPS) is 32.1. The molecule has 1 unspecified atom stereocenters. The van der Waals surface area contributed by atoms with Gasteiger partial charge in [0.05, 0.1) is 30.1 Å². The Kier molecular flexibility index (Phi) is 7.56. The molecule has 1 N–H and O–H groups in total. The van der Waals surface area contributed by atoms with Gasteiger partial charge in [-0.2, -0.15) is 0 Å². The lowest BCUT2D eigenvalue weighted by Crippen LogP contribution is -2.59. The second-order valence-electron chi connectivity index (χ2n) is 11.3. The van der Waals surface area contributed by atoms with Crippen molar-refractivity contribution in [3.63, 3.8) is 0 Å². The quantitative estimate of drug-likeness (QED) is 0.501. The minimum Gasteiger partial charge on any atom is -0.394 e. The van der Waals surface area contributed by atoms with E-state index in [1.54, 1.807) is 16.8 Å². The van der Waals surface area contributed by atoms with Crippen LogP contribution in [0.15, 0.2) is 48.6 Å². The first-order valence-corrected chi connectivity index (χ1v) is 14.6. The average Bonchev–Trinajstić information content (AvgIpc) is 3.27. The molecule has 4 aliphatic rings. The Morgan fingerprint density at radius 3 is 2.23 bits per heavy atom. The fourth-order valence-corrected chi connectivity index (χ4v) is 7.29. The van der Waals surface area contributed by atoms with Crippen molar-refractivity contribution >= 4 is 29.1 Å². The van der Waals surface area contributed by atoms with E-state index in [2.05, 4.69) is 18.7 Å². The van der Waals surface area contributed by atoms with Gasteiger partial charge >= 0.3 is 0 Å². The number of hydrogen-bond acceptors (Lipinski definition) is 6. The minimum atomic E-state index is -1.33. The fraction of sp³-hybridized carbons (Fsp3) is 0.581. The molecule has 1 aromatic rings. The third-order valence-corrected chi connectivity index (χ3v) is 9.44. The summed E-state index contributed by atoms with van der Waals surface area (Å²) >= 11 is 0. The molecule has 0 bridgehead atoms. The number of likely N-dealkylation sites (N-methyl/N-ethyl adjacent to an activating group) is 1. The highest BCUT2D eigenvalue weighted by molar-refractivity contribution is 6.06. The summed E-state index contributed by atoms with van der Waals surface area (Å²) in [6.07, 6.45) is 8.56. The third kappa shape index (κ3) is 4.00. The SMILES string of the molecule is CC[C@@H](CO)N1C(=O)[C@@H]2[C@H]3C(=O)N(C)CC=C[C@@]3(CC)O[C@@]23C=CCN(c2ccc(N(CC)CC)cc2)C(=O)C13. The molecule has 0 radical (unpaired) electrons. The van der Waals surface area contributed by atoms with E-state index in [-0.39, 0.29) is 24.3 Å². The molecule has 4 heterocycles. The number of carbonyl (C=O) groups excluding carboxylic acids is 3. The molecule has 0 saturated carbocycles. The van der Waals surface area contributed by atoms with E-state index in [1.807, 2.05) is 62.4 Å². The molecule has 6 atom stereocenters. The number of carbonyl (C=O) groups is 3. The molecular weight excluding hydrogens is 508 g/mol. The van der Waals surface area contributed by atoms with Crippen LogP contribution < -0.4 is 9.80 Å². The van der Waals surface area contributed by atoms with Crippen molar-refractivity contribution in [3.05, 3.63) is 48.6 Å². The number of ether oxygens (including phenoxy) is 1. The number of anilines is 2. The van der Waals surface area contributed by atoms with Crippen LogP contribution in [-0.4, -0.2) is 95.7 Å². The molecule has 216 valence electrons. The van der Waals surface area contributed by atoms with Crippen LogP contribution in [0.3, 0.4) is 0 Å². The van der Waals surface area contributed by atoms with Gasteiger partial charge in [0.25, 0.3) is 5.91 Å². The van der Waals surface area contributed by atoms with Crippen LogP contribution in [0.4, 0.5) is 11.4 Å². The van der Waals surface area contributed by atoms with Gasteiger partial charge in [-0.15, -0.1) is 0 Å². The van der Waals surface area contributed by atoms with Gasteiger partial charge in [0.2, 0.25) is 11.8 Å². The van der Waals surface area contributed by atoms with Crippen LogP contribution in [0.25, 0.3) is 0 Å². The lowest BCUT2D eigenvalue weighted by atomic mass is 9.73. The second kappa shape index (κ2) is 10.7. The van der Waals surface area contributed by atoms with E-state index in [0.29, 0.717) is 25.9 Å². The Morgan fingerprint density at radius 2 is 1.62 bits per heavy atom. The maximum absolute atomic E-state index is 14.6. The minimum absolute atomic E-state index is 0.159. The second-order valence-corrected chi connectivity index (χ2v) is 11.3. The highest BCUT2D eigenvalue weighted by Crippen LogP contribution is 2.59. The molecule has 2 fully saturated rings. The number of hydrogen-bond donors (Lipinski definition) is 1. The molecule has 5 rings (SSSR count). The van der Waals surface area contributed by atoms with E-state index in [1.165, 1.54) is 4.90 Å². The summed E-state index contributed by atoms with van der Waals surface area (Å²) in [6.45, 7) is 10.3. The van der Waals surface area contributed by atoms with Gasteiger partial charge < -0.3 is 29.4 Å². The van der Waals surface area contributed by atoms with E-state index in [0.717, 1.165) is 24.5 Å². The van der Waals surface area contributed by atoms with Gasteiger partial charge in [-0.05, 0) is 51.0 Å². The Morgan fingerprint density at radius 1 is 0.950 bits per heavy atom. The van der Waals surface area contributed by atoms with Crippen molar-refractivity contribution in [1.29, 1.82) is 0 Å². The monoisotopic (exact) mass is 550 g/mol. The highest BCUT2D eigenvalue weighted by atomic mass is 16.5. The molecule has 0 aliphatic carbocycles. The third-order valence-electron chi connectivity index (χ3n) is 9.44. The van der Waals surface area contributed by atoms with Crippen LogP contribution >= 0.6 is 0 Å². The van der Waals surface area contributed by atoms with E-state index in [4.69, 9.17) is 4.74 Å². The molecular formula is C31H42N4O5. The first-order chi connectivity index (χ1) is 19.2. The average molecular weight is 551 g/mol. The van der Waals surface area contributed by atoms with Crippen molar-refractivity contribution in [2.75, 3.05) is 49.6 Å². The first kappa shape index (κ1) is 28.4. The maximum atomic E-state index is 14.6. The van der Waals surface area contributed by atoms with E-state index >= 15 is 0 Å². The summed E-state index contributed by atoms with van der Waals surface area (Å²) in [5.41, 5.74) is -0.529. The number of aliphatic hydroxyl groups is 1. The van der Waals surface area contributed by atoms with E-state index < -0.39 is 35.1 Å². The van der Waals surface area contributed by atoms with Crippen molar-refractivity contribution in [2.45, 2.75) is 63.8 Å². The molecule has 4 aliphatic heterocycles. The van der Waals surface area contributed by atoms with Gasteiger partial charge in [0.1, 0.15) is 11.6 Å². The molecule has 2 saturated heterocycles. The lowest BCUT2D eigenvalue weighted by molar-refractivity contribution is -0.152. The number of rotatable bonds is 8. The number of benzene rings is 1. The number of fused-ring (bicyclic) bond motifs is 2. The van der Waals surface area contributed by atoms with Crippen molar-refractivity contribution in [2.24, 2.45) is 11.8 Å². The molecule has 0 aromatic heterocycles. The van der Waals surface area contributed by atoms with Crippen molar-refractivity contribution in [1.82, 2.24) is 9.80 Å². The van der Waals surface area contributed by atoms with E-state index in [9.17, 15) is 19.5 Å². The summed E-state index contributed by atoms with van der Waals surface area (Å²) in [5, 5.41) is 10.3. The molecule has 40 heavy (non-hydrogen) atoms. The molecule has 1 aromatic carbocycles. The molecule has 1 spiro atoms. The fourth-order valence-electron chi connectivity index (χ4n) is 7.29. The van der Waals surface area contributed by atoms with Gasteiger partial charge in [0, 0.05) is 44.6 Å². The number of likely N-dealkylation sites (tertiary alicyclic amines) is 1. The first-order valence-electron chi connectivity index (χ1n) is 14.6. The van der Waals surface area contributed by atoms with Crippen molar-refractivity contribution < 1.29 is 24.2 Å². The zero-order valence-electron chi connectivity index (χ0n) is 24.2. The van der Waals surface area contributed by atoms with Gasteiger partial charge in [-0.1, -0.05) is 38.2 Å². The summed E-state index contributed by atoms with van der Waals surface area (Å²) in [6, 6.07) is 6.32. The van der Waals surface area contributed by atoms with Crippen LogP contribution in [0.1, 0.15) is 40.5 Å². The summed E-state index contributed by atoms with van der Waals surface area (Å²) in [5.74, 6) is -2.37. The Balaban J connectivity index is 1.63. The Hall–Kier alpha value is -3.17.